The summed E-state index contributed by atoms with van der Waals surface area (Å²) in [7, 11) is 0. The number of ether oxygens (including phenoxy) is 1. The molecule has 1 amide bonds. The van der Waals surface area contributed by atoms with Crippen molar-refractivity contribution in [1.29, 1.82) is 0 Å². The van der Waals surface area contributed by atoms with Crippen molar-refractivity contribution in [2.45, 2.75) is 0 Å². The van der Waals surface area contributed by atoms with Crippen LogP contribution in [0.5, 0.6) is 0 Å². The van der Waals surface area contributed by atoms with Gasteiger partial charge in [-0.25, -0.2) is 14.4 Å². The van der Waals surface area contributed by atoms with Crippen molar-refractivity contribution in [3.8, 4) is 0 Å². The van der Waals surface area contributed by atoms with Crippen molar-refractivity contribution in [2.75, 3.05) is 41.8 Å². The Bertz CT molecular complexity index is 973. The lowest BCUT2D eigenvalue weighted by atomic mass is 10.2. The number of nitrogens with zero attached hydrogens (tertiary/aromatic N) is 3. The molecule has 7 nitrogen and oxygen atoms in total. The number of hydrogen-bond acceptors (Lipinski definition) is 6. The van der Waals surface area contributed by atoms with E-state index in [2.05, 4.69) is 25.5 Å². The monoisotopic (exact) mass is 393 g/mol. The number of aromatic nitrogens is 2. The van der Waals surface area contributed by atoms with Crippen molar-refractivity contribution in [2.24, 2.45) is 0 Å². The normalized spacial score (nSPS) is 13.8. The number of amides is 1. The molecule has 2 heterocycles. The summed E-state index contributed by atoms with van der Waals surface area (Å²) in [5, 5.41) is 5.92. The summed E-state index contributed by atoms with van der Waals surface area (Å²) in [6.07, 6.45) is 2.91. The molecule has 0 saturated carbocycles. The third-order valence-electron chi connectivity index (χ3n) is 4.51. The van der Waals surface area contributed by atoms with Crippen LogP contribution < -0.4 is 15.5 Å². The van der Waals surface area contributed by atoms with Crippen molar-refractivity contribution in [1.82, 2.24) is 9.97 Å². The van der Waals surface area contributed by atoms with E-state index < -0.39 is 5.91 Å². The molecule has 1 fully saturated rings. The summed E-state index contributed by atoms with van der Waals surface area (Å²) in [5.74, 6) is -0.246. The van der Waals surface area contributed by atoms with E-state index in [4.69, 9.17) is 4.74 Å². The summed E-state index contributed by atoms with van der Waals surface area (Å²) < 4.78 is 18.4. The fourth-order valence-electron chi connectivity index (χ4n) is 3.04. The van der Waals surface area contributed by atoms with Gasteiger partial charge in [-0.3, -0.25) is 4.79 Å². The lowest BCUT2D eigenvalue weighted by Crippen LogP contribution is -2.36. The Morgan fingerprint density at radius 1 is 1.00 bits per heavy atom. The maximum absolute atomic E-state index is 13.0. The zero-order chi connectivity index (χ0) is 20.1. The summed E-state index contributed by atoms with van der Waals surface area (Å²) in [6.45, 7) is 3.05. The third-order valence-corrected chi connectivity index (χ3v) is 4.51. The van der Waals surface area contributed by atoms with E-state index in [1.54, 1.807) is 0 Å². The Morgan fingerprint density at radius 3 is 2.48 bits per heavy atom. The number of carbonyl (C=O) groups excluding carboxylic acids is 1. The quantitative estimate of drug-likeness (QED) is 0.691. The van der Waals surface area contributed by atoms with Gasteiger partial charge < -0.3 is 20.3 Å². The first kappa shape index (κ1) is 18.8. The molecular formula is C21H20FN5O2. The lowest BCUT2D eigenvalue weighted by Gasteiger charge is -2.30. The van der Waals surface area contributed by atoms with Crippen molar-refractivity contribution < 1.29 is 13.9 Å². The molecule has 0 atom stereocenters. The topological polar surface area (TPSA) is 79.4 Å². The summed E-state index contributed by atoms with van der Waals surface area (Å²) >= 11 is 0. The van der Waals surface area contributed by atoms with E-state index in [1.807, 2.05) is 24.3 Å². The van der Waals surface area contributed by atoms with Crippen molar-refractivity contribution in [3.63, 3.8) is 0 Å². The number of carbonyl (C=O) groups is 1. The van der Waals surface area contributed by atoms with Gasteiger partial charge in [-0.15, -0.1) is 0 Å². The maximum atomic E-state index is 13.0. The Balaban J connectivity index is 1.45. The second-order valence-corrected chi connectivity index (χ2v) is 6.49. The van der Waals surface area contributed by atoms with E-state index in [0.29, 0.717) is 24.7 Å². The summed E-state index contributed by atoms with van der Waals surface area (Å²) in [6, 6.07) is 13.5. The molecule has 2 N–H and O–H groups in total. The molecule has 3 aromatic rings. The fourth-order valence-corrected chi connectivity index (χ4v) is 3.04. The van der Waals surface area contributed by atoms with Crippen molar-refractivity contribution >= 4 is 28.8 Å². The molecule has 29 heavy (non-hydrogen) atoms. The van der Waals surface area contributed by atoms with Crippen LogP contribution in [0.1, 0.15) is 10.5 Å². The number of morpholine rings is 1. The second kappa shape index (κ2) is 8.66. The van der Waals surface area contributed by atoms with Gasteiger partial charge in [0.2, 0.25) is 0 Å². The largest absolute Gasteiger partial charge is 0.378 e. The minimum Gasteiger partial charge on any atom is -0.378 e. The Labute approximate surface area is 167 Å². The minimum absolute atomic E-state index is 0.168. The zero-order valence-electron chi connectivity index (χ0n) is 15.6. The highest BCUT2D eigenvalue weighted by Crippen LogP contribution is 2.28. The number of para-hydroxylation sites is 2. The van der Waals surface area contributed by atoms with Gasteiger partial charge >= 0.3 is 0 Å². The van der Waals surface area contributed by atoms with Crippen LogP contribution in [0.2, 0.25) is 0 Å². The molecule has 0 bridgehead atoms. The van der Waals surface area contributed by atoms with E-state index in [-0.39, 0.29) is 11.5 Å². The predicted octanol–water partition coefficient (Wildman–Crippen LogP) is 3.45. The van der Waals surface area contributed by atoms with E-state index in [9.17, 15) is 9.18 Å². The highest BCUT2D eigenvalue weighted by atomic mass is 19.1. The first-order valence-electron chi connectivity index (χ1n) is 9.27. The van der Waals surface area contributed by atoms with Crippen LogP contribution >= 0.6 is 0 Å². The maximum Gasteiger partial charge on any atom is 0.275 e. The molecule has 1 aliphatic heterocycles. The van der Waals surface area contributed by atoms with Gasteiger partial charge in [-0.05, 0) is 36.4 Å². The molecule has 2 aromatic carbocycles. The van der Waals surface area contributed by atoms with Gasteiger partial charge in [0.05, 0.1) is 37.0 Å². The van der Waals surface area contributed by atoms with E-state index >= 15 is 0 Å². The summed E-state index contributed by atoms with van der Waals surface area (Å²) in [5.41, 5.74) is 2.63. The Hall–Kier alpha value is -3.52. The van der Waals surface area contributed by atoms with Gasteiger partial charge in [0.25, 0.3) is 5.91 Å². The number of rotatable bonds is 5. The minimum atomic E-state index is -0.413. The molecule has 0 aliphatic carbocycles. The third kappa shape index (κ3) is 4.67. The zero-order valence-corrected chi connectivity index (χ0v) is 15.6. The number of anilines is 4. The molecule has 1 aliphatic rings. The fraction of sp³-hybridized carbons (Fsp3) is 0.190. The number of halogens is 1. The van der Waals surface area contributed by atoms with Crippen LogP contribution in [0, 0.1) is 5.82 Å². The van der Waals surface area contributed by atoms with Crippen LogP contribution in [0.25, 0.3) is 0 Å². The first-order valence-corrected chi connectivity index (χ1v) is 9.27. The second-order valence-electron chi connectivity index (χ2n) is 6.49. The molecule has 1 aromatic heterocycles. The van der Waals surface area contributed by atoms with Gasteiger partial charge in [-0.1, -0.05) is 12.1 Å². The average molecular weight is 393 g/mol. The number of nitrogens with one attached hydrogen (secondary N) is 2. The summed E-state index contributed by atoms with van der Waals surface area (Å²) in [4.78, 5) is 23.0. The van der Waals surface area contributed by atoms with Crippen LogP contribution in [-0.2, 0) is 4.74 Å². The Morgan fingerprint density at radius 2 is 1.76 bits per heavy atom. The van der Waals surface area contributed by atoms with E-state index in [0.717, 1.165) is 24.5 Å². The Kier molecular flexibility index (Phi) is 5.62. The van der Waals surface area contributed by atoms with Crippen LogP contribution in [0.3, 0.4) is 0 Å². The molecule has 0 radical (unpaired) electrons. The first-order chi connectivity index (χ1) is 14.2. The lowest BCUT2D eigenvalue weighted by molar-refractivity contribution is 0.102. The predicted molar refractivity (Wildman–Crippen MR) is 109 cm³/mol. The van der Waals surface area contributed by atoms with Crippen LogP contribution in [0.4, 0.5) is 27.3 Å². The standard InChI is InChI=1S/C21H20FN5O2/c22-15-5-7-16(8-6-15)25-21(28)18-13-24-20(14-23-18)26-17-3-1-2-4-19(17)27-9-11-29-12-10-27/h1-8,13-14H,9-12H2,(H,24,26)(H,25,28). The van der Waals surface area contributed by atoms with Gasteiger partial charge in [-0.2, -0.15) is 0 Å². The molecule has 4 rings (SSSR count). The number of benzene rings is 2. The SMILES string of the molecule is O=C(Nc1ccc(F)cc1)c1cnc(Nc2ccccc2N2CCOCC2)cn1. The molecular weight excluding hydrogens is 373 g/mol. The molecule has 0 unspecified atom stereocenters. The van der Waals surface area contributed by atoms with Crippen LogP contribution in [0.15, 0.2) is 60.9 Å². The highest BCUT2D eigenvalue weighted by Gasteiger charge is 2.15. The van der Waals surface area contributed by atoms with Crippen LogP contribution in [-0.4, -0.2) is 42.2 Å². The average Bonchev–Trinajstić information content (AvgIpc) is 2.77. The van der Waals surface area contributed by atoms with Gasteiger partial charge in [0.15, 0.2) is 0 Å². The number of hydrogen-bond donors (Lipinski definition) is 2. The van der Waals surface area contributed by atoms with Crippen molar-refractivity contribution in [3.05, 3.63) is 72.4 Å². The smallest absolute Gasteiger partial charge is 0.275 e. The molecule has 8 heteroatoms. The molecule has 148 valence electrons. The van der Waals surface area contributed by atoms with E-state index in [1.165, 1.54) is 36.7 Å². The highest BCUT2D eigenvalue weighted by molar-refractivity contribution is 6.02. The molecule has 0 spiro atoms. The molecule has 1 saturated heterocycles. The van der Waals surface area contributed by atoms with Gasteiger partial charge in [0.1, 0.15) is 17.3 Å². The van der Waals surface area contributed by atoms with Gasteiger partial charge in [0, 0.05) is 18.8 Å².